The summed E-state index contributed by atoms with van der Waals surface area (Å²) in [7, 11) is 1.64. The van der Waals surface area contributed by atoms with Crippen LogP contribution in [-0.2, 0) is 6.54 Å². The maximum absolute atomic E-state index is 10.1. The van der Waals surface area contributed by atoms with Gasteiger partial charge in [0.25, 0.3) is 0 Å². The summed E-state index contributed by atoms with van der Waals surface area (Å²) < 4.78 is 5.25. The average molecular weight is 322 g/mol. The van der Waals surface area contributed by atoms with Crippen molar-refractivity contribution in [3.05, 3.63) is 23.8 Å². The van der Waals surface area contributed by atoms with Crippen LogP contribution in [0.2, 0.25) is 0 Å². The summed E-state index contributed by atoms with van der Waals surface area (Å²) in [6.07, 6.45) is 0.799. The lowest BCUT2D eigenvalue weighted by Crippen LogP contribution is -2.53. The highest BCUT2D eigenvalue weighted by Gasteiger charge is 2.27. The van der Waals surface area contributed by atoms with Crippen LogP contribution in [0.15, 0.2) is 18.2 Å². The van der Waals surface area contributed by atoms with Gasteiger partial charge in [0.05, 0.1) is 7.11 Å². The summed E-state index contributed by atoms with van der Waals surface area (Å²) in [6, 6.07) is 5.74. The highest BCUT2D eigenvalue weighted by Crippen LogP contribution is 2.25. The Morgan fingerprint density at radius 1 is 1.30 bits per heavy atom. The summed E-state index contributed by atoms with van der Waals surface area (Å²) >= 11 is 0. The molecule has 5 heteroatoms. The van der Waals surface area contributed by atoms with E-state index in [0.717, 1.165) is 43.9 Å². The van der Waals surface area contributed by atoms with E-state index in [0.29, 0.717) is 24.3 Å². The number of aliphatic hydroxyl groups is 1. The van der Waals surface area contributed by atoms with Crippen molar-refractivity contribution in [2.45, 2.75) is 32.9 Å². The van der Waals surface area contributed by atoms with Crippen molar-refractivity contribution in [3.8, 4) is 11.5 Å². The molecular formula is C18H30N2O3. The Bertz CT molecular complexity index is 493. The zero-order valence-electron chi connectivity index (χ0n) is 14.5. The SMILES string of the molecule is COc1ccc(O)c(CN2CCN(CC(C)C)[C@H](CCO)C2)c1. The normalized spacial score (nSPS) is 20.1. The minimum atomic E-state index is 0.220. The van der Waals surface area contributed by atoms with Crippen molar-refractivity contribution in [1.29, 1.82) is 0 Å². The smallest absolute Gasteiger partial charge is 0.120 e. The summed E-state index contributed by atoms with van der Waals surface area (Å²) in [6.45, 7) is 9.37. The molecular weight excluding hydrogens is 292 g/mol. The fourth-order valence-corrected chi connectivity index (χ4v) is 3.29. The van der Waals surface area contributed by atoms with Gasteiger partial charge in [0.2, 0.25) is 0 Å². The molecule has 2 N–H and O–H groups in total. The number of aromatic hydroxyl groups is 1. The molecule has 0 aromatic heterocycles. The molecule has 1 atom stereocenters. The number of piperazine rings is 1. The number of methoxy groups -OCH3 is 1. The molecule has 1 aromatic carbocycles. The average Bonchev–Trinajstić information content (AvgIpc) is 2.52. The van der Waals surface area contributed by atoms with Crippen molar-refractivity contribution in [3.63, 3.8) is 0 Å². The fraction of sp³-hybridized carbons (Fsp3) is 0.667. The molecule has 1 aromatic rings. The van der Waals surface area contributed by atoms with Crippen molar-refractivity contribution < 1.29 is 14.9 Å². The first-order chi connectivity index (χ1) is 11.0. The van der Waals surface area contributed by atoms with Gasteiger partial charge in [-0.15, -0.1) is 0 Å². The van der Waals surface area contributed by atoms with E-state index in [9.17, 15) is 10.2 Å². The van der Waals surface area contributed by atoms with E-state index in [4.69, 9.17) is 4.74 Å². The summed E-state index contributed by atoms with van der Waals surface area (Å²) in [5.41, 5.74) is 0.893. The highest BCUT2D eigenvalue weighted by molar-refractivity contribution is 5.39. The molecule has 5 nitrogen and oxygen atoms in total. The topological polar surface area (TPSA) is 56.2 Å². The number of phenols is 1. The Labute approximate surface area is 139 Å². The molecule has 1 fully saturated rings. The Hall–Kier alpha value is -1.30. The van der Waals surface area contributed by atoms with Gasteiger partial charge in [0.15, 0.2) is 0 Å². The molecule has 0 spiro atoms. The number of hydrogen-bond acceptors (Lipinski definition) is 5. The second-order valence-electron chi connectivity index (χ2n) is 6.78. The molecule has 0 radical (unpaired) electrons. The fourth-order valence-electron chi connectivity index (χ4n) is 3.29. The molecule has 0 unspecified atom stereocenters. The van der Waals surface area contributed by atoms with Crippen LogP contribution < -0.4 is 4.74 Å². The van der Waals surface area contributed by atoms with Crippen LogP contribution in [-0.4, -0.2) is 66.0 Å². The van der Waals surface area contributed by atoms with Gasteiger partial charge in [-0.05, 0) is 30.5 Å². The lowest BCUT2D eigenvalue weighted by molar-refractivity contribution is 0.0473. The Morgan fingerprint density at radius 2 is 2.09 bits per heavy atom. The number of hydrogen-bond donors (Lipinski definition) is 2. The van der Waals surface area contributed by atoms with Gasteiger partial charge >= 0.3 is 0 Å². The van der Waals surface area contributed by atoms with E-state index in [1.54, 1.807) is 19.2 Å². The highest BCUT2D eigenvalue weighted by atomic mass is 16.5. The monoisotopic (exact) mass is 322 g/mol. The maximum atomic E-state index is 10.1. The lowest BCUT2D eigenvalue weighted by atomic mass is 10.0. The molecule has 23 heavy (non-hydrogen) atoms. The standard InChI is InChI=1S/C18H30N2O3/c1-14(2)11-20-8-7-19(13-16(20)6-9-21)12-15-10-17(23-3)4-5-18(15)22/h4-5,10,14,16,21-22H,6-9,11-13H2,1-3H3/t16-/m1/s1. The molecule has 0 saturated carbocycles. The van der Waals surface area contributed by atoms with Crippen LogP contribution in [0.4, 0.5) is 0 Å². The zero-order valence-corrected chi connectivity index (χ0v) is 14.5. The first-order valence-electron chi connectivity index (χ1n) is 8.46. The van der Waals surface area contributed by atoms with Gasteiger partial charge in [0, 0.05) is 50.9 Å². The number of phenolic OH excluding ortho intramolecular Hbond substituents is 1. The van der Waals surface area contributed by atoms with Gasteiger partial charge in [0.1, 0.15) is 11.5 Å². The summed E-state index contributed by atoms with van der Waals surface area (Å²) in [4.78, 5) is 4.84. The van der Waals surface area contributed by atoms with Crippen LogP contribution in [0, 0.1) is 5.92 Å². The van der Waals surface area contributed by atoms with Gasteiger partial charge in [-0.1, -0.05) is 13.8 Å². The lowest BCUT2D eigenvalue weighted by Gasteiger charge is -2.42. The Balaban J connectivity index is 2.02. The quantitative estimate of drug-likeness (QED) is 0.803. The van der Waals surface area contributed by atoms with Crippen LogP contribution in [0.1, 0.15) is 25.8 Å². The number of nitrogens with zero attached hydrogens (tertiary/aromatic N) is 2. The van der Waals surface area contributed by atoms with E-state index < -0.39 is 0 Å². The zero-order chi connectivity index (χ0) is 16.8. The molecule has 1 aliphatic rings. The Morgan fingerprint density at radius 3 is 2.74 bits per heavy atom. The molecule has 1 saturated heterocycles. The van der Waals surface area contributed by atoms with Gasteiger partial charge in [-0.3, -0.25) is 9.80 Å². The van der Waals surface area contributed by atoms with Crippen LogP contribution in [0.25, 0.3) is 0 Å². The second kappa shape index (κ2) is 8.52. The largest absolute Gasteiger partial charge is 0.508 e. The summed E-state index contributed by atoms with van der Waals surface area (Å²) in [5.74, 6) is 1.71. The molecule has 0 amide bonds. The first kappa shape index (κ1) is 18.0. The van der Waals surface area contributed by atoms with E-state index >= 15 is 0 Å². The third-order valence-electron chi connectivity index (χ3n) is 4.43. The summed E-state index contributed by atoms with van der Waals surface area (Å²) in [5, 5.41) is 19.4. The molecule has 0 bridgehead atoms. The van der Waals surface area contributed by atoms with E-state index in [-0.39, 0.29) is 6.61 Å². The maximum Gasteiger partial charge on any atom is 0.120 e. The Kier molecular flexibility index (Phi) is 6.69. The van der Waals surface area contributed by atoms with Gasteiger partial charge < -0.3 is 14.9 Å². The van der Waals surface area contributed by atoms with Crippen molar-refractivity contribution in [2.24, 2.45) is 5.92 Å². The minimum absolute atomic E-state index is 0.220. The van der Waals surface area contributed by atoms with Crippen molar-refractivity contribution in [2.75, 3.05) is 39.9 Å². The van der Waals surface area contributed by atoms with Crippen molar-refractivity contribution in [1.82, 2.24) is 9.80 Å². The predicted molar refractivity (Wildman–Crippen MR) is 91.8 cm³/mol. The molecule has 0 aliphatic carbocycles. The first-order valence-corrected chi connectivity index (χ1v) is 8.46. The van der Waals surface area contributed by atoms with Crippen molar-refractivity contribution >= 4 is 0 Å². The molecule has 1 heterocycles. The van der Waals surface area contributed by atoms with Crippen LogP contribution in [0.3, 0.4) is 0 Å². The van der Waals surface area contributed by atoms with Crippen LogP contribution >= 0.6 is 0 Å². The molecule has 130 valence electrons. The number of rotatable bonds is 7. The molecule has 1 aliphatic heterocycles. The number of aliphatic hydroxyl groups excluding tert-OH is 1. The number of benzene rings is 1. The second-order valence-corrected chi connectivity index (χ2v) is 6.78. The van der Waals surface area contributed by atoms with Gasteiger partial charge in [-0.25, -0.2) is 0 Å². The third kappa shape index (κ3) is 5.09. The van der Waals surface area contributed by atoms with E-state index in [2.05, 4.69) is 23.6 Å². The van der Waals surface area contributed by atoms with E-state index in [1.165, 1.54) is 0 Å². The van der Waals surface area contributed by atoms with Gasteiger partial charge in [-0.2, -0.15) is 0 Å². The van der Waals surface area contributed by atoms with E-state index in [1.807, 2.05) is 6.07 Å². The third-order valence-corrected chi connectivity index (χ3v) is 4.43. The van der Waals surface area contributed by atoms with Crippen LogP contribution in [0.5, 0.6) is 11.5 Å². The molecule has 2 rings (SSSR count). The minimum Gasteiger partial charge on any atom is -0.508 e. The number of ether oxygens (including phenoxy) is 1. The predicted octanol–water partition coefficient (Wildman–Crippen LogP) is 1.93.